The first kappa shape index (κ1) is 17.3. The van der Waals surface area contributed by atoms with Crippen LogP contribution in [0.25, 0.3) is 55.8 Å². The molecule has 0 radical (unpaired) electrons. The molecule has 0 amide bonds. The minimum absolute atomic E-state index is 0.0944. The highest BCUT2D eigenvalue weighted by molar-refractivity contribution is 6.00. The van der Waals surface area contributed by atoms with Gasteiger partial charge < -0.3 is 10.1 Å². The van der Waals surface area contributed by atoms with E-state index in [2.05, 4.69) is 35.1 Å². The Kier molecular flexibility index (Phi) is 3.76. The van der Waals surface area contributed by atoms with Gasteiger partial charge in [-0.15, -0.1) is 0 Å². The van der Waals surface area contributed by atoms with Crippen molar-refractivity contribution >= 4 is 21.8 Å². The van der Waals surface area contributed by atoms with E-state index in [-0.39, 0.29) is 5.75 Å². The van der Waals surface area contributed by atoms with Crippen molar-refractivity contribution in [3.8, 4) is 39.8 Å². The van der Waals surface area contributed by atoms with Crippen LogP contribution < -0.4 is 0 Å². The first-order valence-electron chi connectivity index (χ1n) is 9.64. The van der Waals surface area contributed by atoms with Crippen LogP contribution in [-0.2, 0) is 0 Å². The van der Waals surface area contributed by atoms with E-state index in [4.69, 9.17) is 0 Å². The van der Waals surface area contributed by atoms with Gasteiger partial charge in [0.15, 0.2) is 0 Å². The Hall–Kier alpha value is -4.59. The molecule has 0 aliphatic carbocycles. The Morgan fingerprint density at radius 3 is 2.55 bits per heavy atom. The van der Waals surface area contributed by atoms with Gasteiger partial charge >= 0.3 is 0 Å². The quantitative estimate of drug-likeness (QED) is 0.403. The molecular formula is C23H15N7O. The van der Waals surface area contributed by atoms with E-state index in [1.807, 2.05) is 36.4 Å². The number of aromatic amines is 2. The summed E-state index contributed by atoms with van der Waals surface area (Å²) in [5.41, 5.74) is 6.45. The monoisotopic (exact) mass is 405 g/mol. The average molecular weight is 405 g/mol. The summed E-state index contributed by atoms with van der Waals surface area (Å²) in [6, 6.07) is 13.3. The van der Waals surface area contributed by atoms with Gasteiger partial charge in [0, 0.05) is 40.4 Å². The summed E-state index contributed by atoms with van der Waals surface area (Å²) >= 11 is 0. The maximum Gasteiger partial charge on any atom is 0.134 e. The molecule has 3 N–H and O–H groups in total. The number of fused-ring (bicyclic) bond motifs is 2. The topological polar surface area (TPSA) is 116 Å². The predicted octanol–water partition coefficient (Wildman–Crippen LogP) is 4.33. The maximum absolute atomic E-state index is 9.76. The maximum atomic E-state index is 9.76. The van der Waals surface area contributed by atoms with Crippen molar-refractivity contribution < 1.29 is 5.11 Å². The second kappa shape index (κ2) is 6.74. The lowest BCUT2D eigenvalue weighted by molar-refractivity contribution is 0.473. The zero-order valence-corrected chi connectivity index (χ0v) is 16.1. The summed E-state index contributed by atoms with van der Waals surface area (Å²) in [6.45, 7) is 0. The molecule has 0 bridgehead atoms. The van der Waals surface area contributed by atoms with E-state index in [0.717, 1.165) is 50.1 Å². The molecule has 0 aliphatic rings. The summed E-state index contributed by atoms with van der Waals surface area (Å²) in [4.78, 5) is 20.9. The van der Waals surface area contributed by atoms with E-state index in [9.17, 15) is 5.11 Å². The molecule has 6 rings (SSSR count). The highest BCUT2D eigenvalue weighted by Gasteiger charge is 2.15. The van der Waals surface area contributed by atoms with Crippen LogP contribution in [0, 0.1) is 0 Å². The minimum atomic E-state index is 0.0944. The number of H-pyrrole nitrogens is 2. The molecule has 0 fully saturated rings. The van der Waals surface area contributed by atoms with Gasteiger partial charge in [0.05, 0.1) is 40.7 Å². The third-order valence-electron chi connectivity index (χ3n) is 5.18. The molecule has 6 aromatic rings. The molecule has 0 saturated heterocycles. The Morgan fingerprint density at radius 2 is 1.68 bits per heavy atom. The van der Waals surface area contributed by atoms with Crippen LogP contribution in [0.15, 0.2) is 73.4 Å². The van der Waals surface area contributed by atoms with Gasteiger partial charge in [-0.25, -0.2) is 0 Å². The molecule has 0 unspecified atom stereocenters. The van der Waals surface area contributed by atoms with Crippen molar-refractivity contribution in [2.45, 2.75) is 0 Å². The van der Waals surface area contributed by atoms with Crippen molar-refractivity contribution in [2.75, 3.05) is 0 Å². The molecule has 0 aliphatic heterocycles. The Balaban J connectivity index is 1.51. The van der Waals surface area contributed by atoms with Crippen LogP contribution in [-0.4, -0.2) is 40.2 Å². The highest BCUT2D eigenvalue weighted by atomic mass is 16.3. The summed E-state index contributed by atoms with van der Waals surface area (Å²) in [5.74, 6) is 0.0944. The summed E-state index contributed by atoms with van der Waals surface area (Å²) < 4.78 is 0. The van der Waals surface area contributed by atoms with E-state index < -0.39 is 0 Å². The Labute approximate surface area is 175 Å². The van der Waals surface area contributed by atoms with Gasteiger partial charge in [-0.2, -0.15) is 5.10 Å². The molecule has 0 saturated carbocycles. The lowest BCUT2D eigenvalue weighted by Crippen LogP contribution is -1.86. The normalized spacial score (nSPS) is 11.4. The largest absolute Gasteiger partial charge is 0.506 e. The first-order chi connectivity index (χ1) is 15.3. The van der Waals surface area contributed by atoms with Crippen LogP contribution in [0.5, 0.6) is 5.75 Å². The predicted molar refractivity (Wildman–Crippen MR) is 117 cm³/mol. The van der Waals surface area contributed by atoms with Crippen molar-refractivity contribution in [3.63, 3.8) is 0 Å². The fourth-order valence-electron chi connectivity index (χ4n) is 3.74. The fourth-order valence-corrected chi connectivity index (χ4v) is 3.74. The highest BCUT2D eigenvalue weighted by Crippen LogP contribution is 2.33. The molecule has 148 valence electrons. The van der Waals surface area contributed by atoms with Crippen LogP contribution >= 0.6 is 0 Å². The number of aromatic nitrogens is 7. The zero-order valence-electron chi connectivity index (χ0n) is 16.1. The third kappa shape index (κ3) is 2.89. The third-order valence-corrected chi connectivity index (χ3v) is 5.18. The smallest absolute Gasteiger partial charge is 0.134 e. The zero-order chi connectivity index (χ0) is 20.8. The van der Waals surface area contributed by atoms with Gasteiger partial charge in [-0.3, -0.25) is 25.0 Å². The lowest BCUT2D eigenvalue weighted by atomic mass is 10.1. The Morgan fingerprint density at radius 1 is 0.742 bits per heavy atom. The number of hydrogen-bond donors (Lipinski definition) is 3. The van der Waals surface area contributed by atoms with Crippen LogP contribution in [0.4, 0.5) is 0 Å². The fraction of sp³-hybridized carbons (Fsp3) is 0. The molecule has 31 heavy (non-hydrogen) atoms. The number of rotatable bonds is 3. The van der Waals surface area contributed by atoms with E-state index in [1.165, 1.54) is 6.20 Å². The molecule has 6 aromatic heterocycles. The summed E-state index contributed by atoms with van der Waals surface area (Å²) in [7, 11) is 0. The molecule has 0 aromatic carbocycles. The molecule has 0 atom stereocenters. The van der Waals surface area contributed by atoms with Crippen molar-refractivity contribution in [1.82, 2.24) is 35.1 Å². The molecule has 8 nitrogen and oxygen atoms in total. The number of aromatic hydroxyl groups is 1. The number of nitrogens with zero attached hydrogens (tertiary/aromatic N) is 5. The first-order valence-corrected chi connectivity index (χ1v) is 9.64. The second-order valence-electron chi connectivity index (χ2n) is 7.14. The SMILES string of the molecule is Oc1cncc(-c2cc3c(-c4cc5c(-c6ccccn6)nccc5[nH]4)n[nH]c3cn2)c1. The summed E-state index contributed by atoms with van der Waals surface area (Å²) in [5, 5.41) is 19.2. The van der Waals surface area contributed by atoms with Crippen molar-refractivity contribution in [3.05, 3.63) is 73.4 Å². The number of hydrogen-bond acceptors (Lipinski definition) is 6. The molecular weight excluding hydrogens is 390 g/mol. The lowest BCUT2D eigenvalue weighted by Gasteiger charge is -2.01. The Bertz CT molecular complexity index is 1550. The number of nitrogens with one attached hydrogen (secondary N) is 2. The standard InChI is InChI=1S/C23H15N7O/c31-14-7-13(10-24-11-14)19-8-16-21(12-27-19)29-30-23(16)20-9-15-17(28-20)4-6-26-22(15)18-3-1-2-5-25-18/h1-12,28,31H,(H,29,30). The average Bonchev–Trinajstić information content (AvgIpc) is 3.43. The molecule has 8 heteroatoms. The summed E-state index contributed by atoms with van der Waals surface area (Å²) in [6.07, 6.45) is 8.32. The van der Waals surface area contributed by atoms with Gasteiger partial charge in [-0.1, -0.05) is 6.07 Å². The van der Waals surface area contributed by atoms with E-state index in [0.29, 0.717) is 5.69 Å². The van der Waals surface area contributed by atoms with Gasteiger partial charge in [0.1, 0.15) is 11.4 Å². The van der Waals surface area contributed by atoms with E-state index >= 15 is 0 Å². The minimum Gasteiger partial charge on any atom is -0.506 e. The van der Waals surface area contributed by atoms with Gasteiger partial charge in [0.2, 0.25) is 0 Å². The van der Waals surface area contributed by atoms with Crippen LogP contribution in [0.2, 0.25) is 0 Å². The van der Waals surface area contributed by atoms with Crippen LogP contribution in [0.3, 0.4) is 0 Å². The van der Waals surface area contributed by atoms with Crippen molar-refractivity contribution in [2.24, 2.45) is 0 Å². The number of pyridine rings is 4. The van der Waals surface area contributed by atoms with Gasteiger partial charge in [-0.05, 0) is 36.4 Å². The second-order valence-corrected chi connectivity index (χ2v) is 7.14. The van der Waals surface area contributed by atoms with Crippen LogP contribution in [0.1, 0.15) is 0 Å². The molecule has 0 spiro atoms. The van der Waals surface area contributed by atoms with Crippen molar-refractivity contribution in [1.29, 1.82) is 0 Å². The molecule has 6 heterocycles. The van der Waals surface area contributed by atoms with E-state index in [1.54, 1.807) is 30.9 Å². The van der Waals surface area contributed by atoms with Gasteiger partial charge in [0.25, 0.3) is 0 Å².